The van der Waals surface area contributed by atoms with Gasteiger partial charge in [0.1, 0.15) is 31.3 Å². The molecule has 0 aromatic carbocycles. The van der Waals surface area contributed by atoms with Crippen molar-refractivity contribution in [3.63, 3.8) is 0 Å². The van der Waals surface area contributed by atoms with Crippen molar-refractivity contribution in [2.24, 2.45) is 5.73 Å². The second kappa shape index (κ2) is 56.8. The van der Waals surface area contributed by atoms with Crippen LogP contribution in [0, 0.1) is 71.5 Å². The number of aromatic amines is 3. The summed E-state index contributed by atoms with van der Waals surface area (Å²) < 4.78 is 38.4. The first-order valence-electron chi connectivity index (χ1n) is 21.2. The van der Waals surface area contributed by atoms with Crippen LogP contribution in [0.4, 0.5) is 0 Å². The molecule has 0 bridgehead atoms. The Hall–Kier alpha value is -6.44. The standard InChI is InChI=1S/C13H4.C12H19N3O5.C11H19N3O4.C7H11N3O2.C5H9ClO3.3H2S/c1-3-5-7-9-11-13-12-10-8-6-4-2;1-18-3-4-20-7-11(16)15-10(12(17)19-2)5-9-6-13-8-14-9;1-17-4-5-18-3-2-13-10(11(15)16)6-9-7-12-8-14-9;1-12-7(11)6(8)2-5-3-9-4-10-5;1-8-2-3-9-4-5(6)7;;;/h1H,2H3;6,8,10H,3-5,7H2,1-2H3,(H,13,14)(H,15,16);7-8,10,13H,2-6H2,1H3,(H,12,14)(H,15,16);3-4,6H,2,8H2,1H3,(H,9,10);2-4H2,1H3;3*1H2/t;2*10-;6-;;;;/m.000..../s1. The summed E-state index contributed by atoms with van der Waals surface area (Å²) in [7, 11) is 7.29. The van der Waals surface area contributed by atoms with Gasteiger partial charge in [-0.15, -0.1) is 6.42 Å². The van der Waals surface area contributed by atoms with E-state index >= 15 is 0 Å². The highest BCUT2D eigenvalue weighted by Gasteiger charge is 2.22. The number of aromatic nitrogens is 6. The number of hydrogen-bond acceptors (Lipinski definition) is 18. The number of hydrogen-bond donors (Lipinski definition) is 7. The molecular weight excluding hydrogens is 1060 g/mol. The molecule has 0 aliphatic rings. The molecule has 8 N–H and O–H groups in total. The van der Waals surface area contributed by atoms with E-state index in [2.05, 4.69) is 120 Å². The van der Waals surface area contributed by atoms with Crippen LogP contribution in [-0.4, -0.2) is 184 Å². The predicted octanol–water partition coefficient (Wildman–Crippen LogP) is -0.207. The number of nitrogens with two attached hydrogens (primary N) is 1. The highest BCUT2D eigenvalue weighted by atomic mass is 35.5. The summed E-state index contributed by atoms with van der Waals surface area (Å²) in [5.41, 5.74) is 7.83. The Morgan fingerprint density at radius 2 is 1.05 bits per heavy atom. The number of aliphatic carboxylic acids is 1. The van der Waals surface area contributed by atoms with Gasteiger partial charge in [-0.1, -0.05) is 5.92 Å². The number of carbonyl (C=O) groups excluding carboxylic acids is 4. The van der Waals surface area contributed by atoms with E-state index in [0.29, 0.717) is 65.6 Å². The molecule has 3 heterocycles. The van der Waals surface area contributed by atoms with Crippen molar-refractivity contribution in [2.75, 3.05) is 102 Å². The first-order chi connectivity index (χ1) is 34.8. The third-order valence-corrected chi connectivity index (χ3v) is 7.76. The second-order valence-electron chi connectivity index (χ2n) is 13.0. The van der Waals surface area contributed by atoms with E-state index in [4.69, 9.17) is 52.5 Å². The molecule has 23 nitrogen and oxygen atoms in total. The van der Waals surface area contributed by atoms with Crippen molar-refractivity contribution in [1.29, 1.82) is 0 Å². The van der Waals surface area contributed by atoms with Crippen LogP contribution >= 0.6 is 52.1 Å². The third-order valence-electron chi connectivity index (χ3n) is 7.65. The van der Waals surface area contributed by atoms with Crippen LogP contribution < -0.4 is 16.4 Å². The highest BCUT2D eigenvalue weighted by molar-refractivity contribution is 7.59. The molecule has 75 heavy (non-hydrogen) atoms. The van der Waals surface area contributed by atoms with Gasteiger partial charge >= 0.3 is 17.9 Å². The van der Waals surface area contributed by atoms with Gasteiger partial charge in [-0.2, -0.15) is 40.5 Å². The first-order valence-corrected chi connectivity index (χ1v) is 21.6. The average Bonchev–Trinajstić information content (AvgIpc) is 4.21. The van der Waals surface area contributed by atoms with Gasteiger partial charge in [-0.25, -0.2) is 19.7 Å². The lowest BCUT2D eigenvalue weighted by Crippen LogP contribution is -2.44. The van der Waals surface area contributed by atoms with Gasteiger partial charge in [0.05, 0.1) is 79.4 Å². The maximum absolute atomic E-state index is 11.7. The molecule has 1 amide bonds. The zero-order chi connectivity index (χ0) is 53.9. The van der Waals surface area contributed by atoms with E-state index in [1.54, 1.807) is 53.2 Å². The van der Waals surface area contributed by atoms with Crippen molar-refractivity contribution in [2.45, 2.75) is 44.3 Å². The van der Waals surface area contributed by atoms with Crippen LogP contribution in [0.2, 0.25) is 0 Å². The number of halogens is 1. The first kappa shape index (κ1) is 77.5. The number of nitrogens with one attached hydrogen (secondary N) is 5. The molecule has 0 spiro atoms. The SMILES string of the molecule is C#CC#CC#CC#CC#CC#CC.COC(=O)[C@@H](N)Cc1cnc[nH]1.COCCOCC(=O)Cl.COCCOCC(=O)N[C@@H](Cc1cnc[nH]1)C(=O)OC.COCCOCCN[C@@H](Cc1cnc[nH]1)C(=O)O.S.S.S. The molecule has 0 saturated heterocycles. The summed E-state index contributed by atoms with van der Waals surface area (Å²) in [4.78, 5) is 75.3. The van der Waals surface area contributed by atoms with E-state index in [0.717, 1.165) is 17.1 Å². The largest absolute Gasteiger partial charge is 0.480 e. The number of ether oxygens (including phenoxy) is 8. The van der Waals surface area contributed by atoms with Gasteiger partial charge in [0, 0.05) is 82.8 Å². The summed E-state index contributed by atoms with van der Waals surface area (Å²) in [6, 6.07) is -2.04. The van der Waals surface area contributed by atoms with Crippen molar-refractivity contribution < 1.29 is 67.0 Å². The molecule has 0 aliphatic heterocycles. The number of amides is 1. The van der Waals surface area contributed by atoms with E-state index < -0.39 is 47.2 Å². The summed E-state index contributed by atoms with van der Waals surface area (Å²) >= 11 is 4.95. The summed E-state index contributed by atoms with van der Waals surface area (Å²) in [6.45, 7) is 5.13. The normalized spacial score (nSPS) is 9.96. The van der Waals surface area contributed by atoms with Crippen LogP contribution in [0.25, 0.3) is 0 Å². The number of rotatable bonds is 27. The van der Waals surface area contributed by atoms with Crippen molar-refractivity contribution in [1.82, 2.24) is 40.5 Å². The molecule has 0 fully saturated rings. The number of imidazole rings is 3. The van der Waals surface area contributed by atoms with E-state index in [1.807, 2.05) is 0 Å². The Morgan fingerprint density at radius 1 is 0.627 bits per heavy atom. The van der Waals surface area contributed by atoms with Crippen molar-refractivity contribution >= 4 is 81.1 Å². The van der Waals surface area contributed by atoms with E-state index in [1.165, 1.54) is 26.9 Å². The monoisotopic (exact) mass is 1130 g/mol. The van der Waals surface area contributed by atoms with Crippen molar-refractivity contribution in [3.05, 3.63) is 54.7 Å². The zero-order valence-electron chi connectivity index (χ0n) is 42.5. The van der Waals surface area contributed by atoms with Gasteiger partial charge in [0.25, 0.3) is 0 Å². The van der Waals surface area contributed by atoms with Gasteiger partial charge in [0.15, 0.2) is 0 Å². The number of H-pyrrole nitrogens is 3. The number of nitrogens with zero attached hydrogens (tertiary/aromatic N) is 3. The lowest BCUT2D eigenvalue weighted by molar-refractivity contribution is -0.145. The quantitative estimate of drug-likeness (QED) is 0.0225. The van der Waals surface area contributed by atoms with Crippen molar-refractivity contribution in [3.8, 4) is 71.5 Å². The minimum absolute atomic E-state index is 0. The minimum atomic E-state index is -0.888. The topological polar surface area (TPSA) is 316 Å². The van der Waals surface area contributed by atoms with Gasteiger partial charge in [-0.3, -0.25) is 19.2 Å². The Bertz CT molecular complexity index is 2300. The van der Waals surface area contributed by atoms with Crippen LogP contribution in [0.5, 0.6) is 0 Å². The molecule has 27 heteroatoms. The Labute approximate surface area is 464 Å². The predicted molar refractivity (Wildman–Crippen MR) is 294 cm³/mol. The Morgan fingerprint density at radius 3 is 1.45 bits per heavy atom. The molecule has 3 atom stereocenters. The summed E-state index contributed by atoms with van der Waals surface area (Å²) in [5.74, 6) is 24.7. The van der Waals surface area contributed by atoms with E-state index in [-0.39, 0.29) is 60.1 Å². The van der Waals surface area contributed by atoms with Crippen LogP contribution in [0.1, 0.15) is 24.0 Å². The number of carboxylic acid groups (broad SMARTS) is 1. The number of methoxy groups -OCH3 is 5. The summed E-state index contributed by atoms with van der Waals surface area (Å²) in [6.07, 6.45) is 15.3. The zero-order valence-corrected chi connectivity index (χ0v) is 46.3. The fraction of sp³-hybridized carbons (Fsp3) is 0.458. The smallest absolute Gasteiger partial charge is 0.328 e. The molecular formula is C48H68ClN9O14S3. The number of terminal acetylenes is 1. The summed E-state index contributed by atoms with van der Waals surface area (Å²) in [5, 5.41) is 14.1. The van der Waals surface area contributed by atoms with Crippen LogP contribution in [0.3, 0.4) is 0 Å². The third kappa shape index (κ3) is 49.5. The number of esters is 2. The fourth-order valence-electron chi connectivity index (χ4n) is 4.39. The lowest BCUT2D eigenvalue weighted by atomic mass is 10.1. The Balaban J connectivity index is -0.000000276. The minimum Gasteiger partial charge on any atom is -0.480 e. The maximum atomic E-state index is 11.7. The number of carbonyl (C=O) groups is 5. The highest BCUT2D eigenvalue weighted by Crippen LogP contribution is 2.01. The van der Waals surface area contributed by atoms with Gasteiger partial charge in [0.2, 0.25) is 11.1 Å². The average molecular weight is 1130 g/mol. The van der Waals surface area contributed by atoms with Crippen LogP contribution in [-0.2, 0) is 81.1 Å². The Kier molecular flexibility index (Phi) is 58.7. The molecule has 0 aliphatic carbocycles. The maximum Gasteiger partial charge on any atom is 0.328 e. The molecule has 3 aromatic heterocycles. The molecule has 0 radical (unpaired) electrons. The molecule has 3 rings (SSSR count). The van der Waals surface area contributed by atoms with Gasteiger partial charge in [-0.05, 0) is 77.7 Å². The number of carboxylic acids is 1. The molecule has 0 unspecified atom stereocenters. The van der Waals surface area contributed by atoms with Gasteiger partial charge < -0.3 is 74.3 Å². The van der Waals surface area contributed by atoms with E-state index in [9.17, 15) is 24.0 Å². The molecule has 0 saturated carbocycles. The van der Waals surface area contributed by atoms with Crippen LogP contribution in [0.15, 0.2) is 37.6 Å². The fourth-order valence-corrected chi connectivity index (χ4v) is 4.46. The molecule has 414 valence electrons. The molecule has 3 aromatic rings. The lowest BCUT2D eigenvalue weighted by Gasteiger charge is -2.15. The second-order valence-corrected chi connectivity index (χ2v) is 13.5.